The van der Waals surface area contributed by atoms with Crippen molar-refractivity contribution in [3.63, 3.8) is 0 Å². The van der Waals surface area contributed by atoms with Crippen LogP contribution in [0, 0.1) is 5.82 Å². The zero-order chi connectivity index (χ0) is 16.8. The molecule has 0 aromatic heterocycles. The SMILES string of the molecule is CONC(=CCC(=O)O)c1ccc(-c2ccc(Cl)cc2)c(F)c1. The summed E-state index contributed by atoms with van der Waals surface area (Å²) in [6.45, 7) is 0. The summed E-state index contributed by atoms with van der Waals surface area (Å²) in [7, 11) is 1.40. The van der Waals surface area contributed by atoms with Crippen molar-refractivity contribution in [1.82, 2.24) is 5.48 Å². The van der Waals surface area contributed by atoms with Gasteiger partial charge in [0.1, 0.15) is 5.82 Å². The van der Waals surface area contributed by atoms with Gasteiger partial charge in [0.15, 0.2) is 0 Å². The molecule has 2 aromatic carbocycles. The fourth-order valence-electron chi connectivity index (χ4n) is 2.06. The first kappa shape index (κ1) is 17.0. The second-order valence-electron chi connectivity index (χ2n) is 4.72. The molecule has 2 rings (SSSR count). The van der Waals surface area contributed by atoms with Gasteiger partial charge in [0.05, 0.1) is 19.2 Å². The van der Waals surface area contributed by atoms with Gasteiger partial charge in [0, 0.05) is 16.1 Å². The largest absolute Gasteiger partial charge is 0.481 e. The van der Waals surface area contributed by atoms with Crippen LogP contribution in [0.5, 0.6) is 0 Å². The number of benzene rings is 2. The maximum Gasteiger partial charge on any atom is 0.307 e. The average molecular weight is 336 g/mol. The van der Waals surface area contributed by atoms with Crippen LogP contribution in [0.4, 0.5) is 4.39 Å². The number of hydroxylamine groups is 1. The summed E-state index contributed by atoms with van der Waals surface area (Å²) in [5, 5.41) is 9.33. The van der Waals surface area contributed by atoms with Crippen molar-refractivity contribution >= 4 is 23.3 Å². The smallest absolute Gasteiger partial charge is 0.307 e. The quantitative estimate of drug-likeness (QED) is 0.780. The third-order valence-electron chi connectivity index (χ3n) is 3.13. The van der Waals surface area contributed by atoms with Crippen LogP contribution in [0.15, 0.2) is 48.5 Å². The summed E-state index contributed by atoms with van der Waals surface area (Å²) in [5.41, 5.74) is 4.57. The van der Waals surface area contributed by atoms with E-state index < -0.39 is 11.8 Å². The predicted molar refractivity (Wildman–Crippen MR) is 87.2 cm³/mol. The molecule has 0 aliphatic rings. The van der Waals surface area contributed by atoms with Crippen LogP contribution < -0.4 is 5.48 Å². The minimum Gasteiger partial charge on any atom is -0.481 e. The maximum atomic E-state index is 14.4. The lowest BCUT2D eigenvalue weighted by molar-refractivity contribution is -0.136. The summed E-state index contributed by atoms with van der Waals surface area (Å²) in [6.07, 6.45) is 1.22. The molecule has 0 amide bonds. The Balaban J connectivity index is 2.34. The predicted octanol–water partition coefficient (Wildman–Crippen LogP) is 4.11. The van der Waals surface area contributed by atoms with Crippen LogP contribution in [0.3, 0.4) is 0 Å². The zero-order valence-corrected chi connectivity index (χ0v) is 13.1. The van der Waals surface area contributed by atoms with E-state index in [1.165, 1.54) is 19.3 Å². The van der Waals surface area contributed by atoms with Crippen molar-refractivity contribution in [1.29, 1.82) is 0 Å². The van der Waals surface area contributed by atoms with Gasteiger partial charge in [-0.2, -0.15) is 0 Å². The van der Waals surface area contributed by atoms with E-state index in [4.69, 9.17) is 21.5 Å². The third-order valence-corrected chi connectivity index (χ3v) is 3.38. The van der Waals surface area contributed by atoms with Crippen LogP contribution in [0.1, 0.15) is 12.0 Å². The Morgan fingerprint density at radius 3 is 2.57 bits per heavy atom. The average Bonchev–Trinajstić information content (AvgIpc) is 2.52. The highest BCUT2D eigenvalue weighted by molar-refractivity contribution is 6.30. The van der Waals surface area contributed by atoms with Crippen LogP contribution in [-0.4, -0.2) is 18.2 Å². The molecule has 0 fully saturated rings. The van der Waals surface area contributed by atoms with Crippen molar-refractivity contribution in [3.05, 3.63) is 64.9 Å². The van der Waals surface area contributed by atoms with Gasteiger partial charge < -0.3 is 5.11 Å². The normalized spacial score (nSPS) is 11.3. The highest BCUT2D eigenvalue weighted by atomic mass is 35.5. The molecule has 23 heavy (non-hydrogen) atoms. The van der Waals surface area contributed by atoms with Gasteiger partial charge in [0.25, 0.3) is 0 Å². The van der Waals surface area contributed by atoms with Crippen LogP contribution in [0.25, 0.3) is 16.8 Å². The van der Waals surface area contributed by atoms with Crippen molar-refractivity contribution in [2.75, 3.05) is 7.11 Å². The second kappa shape index (κ2) is 7.76. The zero-order valence-electron chi connectivity index (χ0n) is 12.3. The van der Waals surface area contributed by atoms with Crippen LogP contribution >= 0.6 is 11.6 Å². The Morgan fingerprint density at radius 1 is 1.30 bits per heavy atom. The first-order valence-corrected chi connectivity index (χ1v) is 7.16. The standard InChI is InChI=1S/C17H15ClFNO3/c1-23-20-16(8-9-17(21)22)12-4-7-14(15(19)10-12)11-2-5-13(18)6-3-11/h2-8,10,20H,9H2,1H3,(H,21,22). The molecule has 0 atom stereocenters. The molecule has 2 aromatic rings. The van der Waals surface area contributed by atoms with E-state index in [2.05, 4.69) is 5.48 Å². The van der Waals surface area contributed by atoms with Gasteiger partial charge in [-0.3, -0.25) is 15.1 Å². The number of aliphatic carboxylic acids is 1. The number of nitrogens with one attached hydrogen (secondary N) is 1. The van der Waals surface area contributed by atoms with Gasteiger partial charge in [-0.25, -0.2) is 4.39 Å². The van der Waals surface area contributed by atoms with Crippen molar-refractivity contribution in [2.45, 2.75) is 6.42 Å². The summed E-state index contributed by atoms with van der Waals surface area (Å²) in [4.78, 5) is 15.5. The monoisotopic (exact) mass is 335 g/mol. The third kappa shape index (κ3) is 4.55. The number of carbonyl (C=O) groups is 1. The van der Waals surface area contributed by atoms with E-state index in [1.807, 2.05) is 0 Å². The number of hydrogen-bond donors (Lipinski definition) is 2. The minimum atomic E-state index is -0.987. The molecule has 120 valence electrons. The Kier molecular flexibility index (Phi) is 5.73. The van der Waals surface area contributed by atoms with Gasteiger partial charge in [-0.15, -0.1) is 0 Å². The van der Waals surface area contributed by atoms with Crippen molar-refractivity contribution in [3.8, 4) is 11.1 Å². The molecule has 0 spiro atoms. The number of rotatable bonds is 6. The van der Waals surface area contributed by atoms with E-state index in [9.17, 15) is 9.18 Å². The number of halogens is 2. The first-order chi connectivity index (χ1) is 11.0. The van der Waals surface area contributed by atoms with Gasteiger partial charge >= 0.3 is 5.97 Å². The number of hydrogen-bond acceptors (Lipinski definition) is 3. The number of carboxylic acid groups (broad SMARTS) is 1. The molecule has 2 N–H and O–H groups in total. The molecule has 0 bridgehead atoms. The first-order valence-electron chi connectivity index (χ1n) is 6.78. The fourth-order valence-corrected chi connectivity index (χ4v) is 2.19. The Bertz CT molecular complexity index is 729. The highest BCUT2D eigenvalue weighted by Gasteiger charge is 2.09. The molecule has 0 radical (unpaired) electrons. The van der Waals surface area contributed by atoms with E-state index in [-0.39, 0.29) is 6.42 Å². The van der Waals surface area contributed by atoms with Gasteiger partial charge in [0.2, 0.25) is 0 Å². The minimum absolute atomic E-state index is 0.202. The number of carboxylic acids is 1. The van der Waals surface area contributed by atoms with Crippen LogP contribution in [0.2, 0.25) is 5.02 Å². The van der Waals surface area contributed by atoms with E-state index in [1.54, 1.807) is 36.4 Å². The molecule has 6 heteroatoms. The van der Waals surface area contributed by atoms with Crippen molar-refractivity contribution < 1.29 is 19.1 Å². The van der Waals surface area contributed by atoms with Gasteiger partial charge in [-0.1, -0.05) is 35.9 Å². The second-order valence-corrected chi connectivity index (χ2v) is 5.16. The molecule has 0 saturated carbocycles. The molecule has 0 heterocycles. The lowest BCUT2D eigenvalue weighted by Crippen LogP contribution is -2.11. The van der Waals surface area contributed by atoms with E-state index in [0.717, 1.165) is 0 Å². The highest BCUT2D eigenvalue weighted by Crippen LogP contribution is 2.26. The Morgan fingerprint density at radius 2 is 2.00 bits per heavy atom. The summed E-state index contributed by atoms with van der Waals surface area (Å²) in [5.74, 6) is -1.41. The molecule has 0 unspecified atom stereocenters. The Hall–Kier alpha value is -2.37. The maximum absolute atomic E-state index is 14.4. The molecule has 0 saturated heterocycles. The van der Waals surface area contributed by atoms with Gasteiger partial charge in [-0.05, 0) is 29.8 Å². The molecule has 0 aliphatic carbocycles. The van der Waals surface area contributed by atoms with Crippen molar-refractivity contribution in [2.24, 2.45) is 0 Å². The van der Waals surface area contributed by atoms with E-state index in [0.29, 0.717) is 27.4 Å². The Labute approximate surface area is 138 Å². The molecule has 4 nitrogen and oxygen atoms in total. The molecule has 0 aliphatic heterocycles. The fraction of sp³-hybridized carbons (Fsp3) is 0.118. The molecular weight excluding hydrogens is 321 g/mol. The van der Waals surface area contributed by atoms with E-state index >= 15 is 0 Å². The summed E-state index contributed by atoms with van der Waals surface area (Å²) >= 11 is 5.83. The summed E-state index contributed by atoms with van der Waals surface area (Å²) in [6, 6.07) is 11.5. The lowest BCUT2D eigenvalue weighted by atomic mass is 10.0. The topological polar surface area (TPSA) is 58.6 Å². The molecular formula is C17H15ClFNO3. The summed E-state index contributed by atoms with van der Waals surface area (Å²) < 4.78 is 14.4. The lowest BCUT2D eigenvalue weighted by Gasteiger charge is -2.11. The van der Waals surface area contributed by atoms with Crippen LogP contribution in [-0.2, 0) is 9.63 Å².